The maximum absolute atomic E-state index is 12.0. The molecule has 0 aliphatic carbocycles. The van der Waals surface area contributed by atoms with Gasteiger partial charge in [-0.25, -0.2) is 0 Å². The Morgan fingerprint density at radius 3 is 1.82 bits per heavy atom. The van der Waals surface area contributed by atoms with Crippen molar-refractivity contribution in [1.82, 2.24) is 10.6 Å². The molecule has 262 valence electrons. The number of hydrogen-bond acceptors (Lipinski definition) is 17. The van der Waals surface area contributed by atoms with Crippen LogP contribution in [0.1, 0.15) is 26.7 Å². The molecule has 0 aromatic rings. The largest absolute Gasteiger partial charge is 0.394 e. The van der Waals surface area contributed by atoms with Crippen molar-refractivity contribution in [1.29, 1.82) is 0 Å². The average Bonchev–Trinajstić information content (AvgIpc) is 3.02. The Morgan fingerprint density at radius 2 is 1.24 bits per heavy atom. The quantitative estimate of drug-likeness (QED) is 0.0773. The van der Waals surface area contributed by atoms with E-state index in [0.717, 1.165) is 0 Å². The van der Waals surface area contributed by atoms with Gasteiger partial charge in [0.15, 0.2) is 18.9 Å². The molecular weight excluding hydrogens is 612 g/mol. The van der Waals surface area contributed by atoms with Crippen LogP contribution in [0.15, 0.2) is 0 Å². The van der Waals surface area contributed by atoms with Gasteiger partial charge in [-0.15, -0.1) is 0 Å². The van der Waals surface area contributed by atoms with Crippen LogP contribution in [0.4, 0.5) is 0 Å². The molecule has 19 nitrogen and oxygen atoms in total. The summed E-state index contributed by atoms with van der Waals surface area (Å²) < 4.78 is 33.7. The Balaban J connectivity index is 1.75. The molecule has 0 aromatic heterocycles. The van der Waals surface area contributed by atoms with Crippen molar-refractivity contribution in [2.75, 3.05) is 33.0 Å². The maximum atomic E-state index is 12.0. The van der Waals surface area contributed by atoms with E-state index in [1.807, 2.05) is 0 Å². The summed E-state index contributed by atoms with van der Waals surface area (Å²) in [6.45, 7) is 0.888. The van der Waals surface area contributed by atoms with E-state index in [1.54, 1.807) is 6.92 Å². The fourth-order valence-corrected chi connectivity index (χ4v) is 5.21. The van der Waals surface area contributed by atoms with E-state index in [0.29, 0.717) is 19.4 Å². The predicted molar refractivity (Wildman–Crippen MR) is 145 cm³/mol. The summed E-state index contributed by atoms with van der Waals surface area (Å²) in [7, 11) is 0. The summed E-state index contributed by atoms with van der Waals surface area (Å²) in [6.07, 6.45) is -22.3. The van der Waals surface area contributed by atoms with E-state index in [9.17, 15) is 55.5 Å². The van der Waals surface area contributed by atoms with Gasteiger partial charge in [0.05, 0.1) is 26.4 Å². The van der Waals surface area contributed by atoms with Crippen molar-refractivity contribution in [2.24, 2.45) is 0 Å². The number of aliphatic hydroxyl groups excluding tert-OH is 9. The first kappa shape index (κ1) is 37.8. The van der Waals surface area contributed by atoms with Gasteiger partial charge in [0.2, 0.25) is 11.8 Å². The summed E-state index contributed by atoms with van der Waals surface area (Å²) in [6, 6.07) is -1.25. The molecule has 0 saturated carbocycles. The monoisotopic (exact) mass is 658 g/mol. The van der Waals surface area contributed by atoms with Gasteiger partial charge < -0.3 is 85.0 Å². The Morgan fingerprint density at radius 1 is 0.689 bits per heavy atom. The van der Waals surface area contributed by atoms with E-state index in [-0.39, 0.29) is 12.5 Å². The van der Waals surface area contributed by atoms with Crippen molar-refractivity contribution in [3.05, 3.63) is 0 Å². The van der Waals surface area contributed by atoms with Gasteiger partial charge in [0.1, 0.15) is 73.2 Å². The van der Waals surface area contributed by atoms with Gasteiger partial charge in [-0.1, -0.05) is 6.92 Å². The van der Waals surface area contributed by atoms with Crippen LogP contribution >= 0.6 is 0 Å². The first-order valence-corrected chi connectivity index (χ1v) is 14.7. The van der Waals surface area contributed by atoms with E-state index < -0.39 is 118 Å². The molecule has 9 unspecified atom stereocenters. The molecule has 0 spiro atoms. The van der Waals surface area contributed by atoms with Gasteiger partial charge in [0, 0.05) is 19.9 Å². The van der Waals surface area contributed by atoms with E-state index in [1.165, 1.54) is 6.92 Å². The van der Waals surface area contributed by atoms with Crippen LogP contribution < -0.4 is 10.6 Å². The first-order valence-electron chi connectivity index (χ1n) is 14.7. The zero-order valence-corrected chi connectivity index (χ0v) is 24.9. The summed E-state index contributed by atoms with van der Waals surface area (Å²) in [5.41, 5.74) is 0. The number of carbonyl (C=O) groups excluding carboxylic acids is 2. The van der Waals surface area contributed by atoms with Crippen molar-refractivity contribution in [3.63, 3.8) is 0 Å². The van der Waals surface area contributed by atoms with Gasteiger partial charge >= 0.3 is 0 Å². The highest BCUT2D eigenvalue weighted by Crippen LogP contribution is 2.32. The third-order valence-corrected chi connectivity index (χ3v) is 7.72. The molecule has 3 heterocycles. The van der Waals surface area contributed by atoms with Crippen LogP contribution in [-0.4, -0.2) is 183 Å². The van der Waals surface area contributed by atoms with Crippen LogP contribution in [0.5, 0.6) is 0 Å². The maximum Gasteiger partial charge on any atom is 0.219 e. The number of carbonyl (C=O) groups is 2. The molecular formula is C26H46N2O17. The highest BCUT2D eigenvalue weighted by Gasteiger charge is 2.54. The fourth-order valence-electron chi connectivity index (χ4n) is 5.21. The number of nitrogens with one attached hydrogen (secondary N) is 2. The summed E-state index contributed by atoms with van der Waals surface area (Å²) in [5.74, 6) is -0.724. The molecule has 19 heteroatoms. The lowest BCUT2D eigenvalue weighted by Gasteiger charge is -2.48. The molecule has 45 heavy (non-hydrogen) atoms. The third-order valence-electron chi connectivity index (χ3n) is 7.72. The minimum Gasteiger partial charge on any atom is -0.394 e. The van der Waals surface area contributed by atoms with E-state index >= 15 is 0 Å². The van der Waals surface area contributed by atoms with Gasteiger partial charge in [-0.05, 0) is 6.42 Å². The standard InChI is InChI=1S/C26H46N2O17/c1-3-14(33)27-5-4-6-40-24-15(28-10(2)32)18(36)22(13(9-31)43-24)44-26-21(39)23(17(35)12(8-30)42-26)45-25-20(38)19(37)16(34)11(7-29)41-25/h11-13,15-26,29-31,34-39H,3-9H2,1-2H3,(H,27,33)(H,28,32)/t11?,12?,13?,15?,16-,17-,18?,19?,20?,21?,22+,23?,24+,25+,26-/m0/s1. The zero-order chi connectivity index (χ0) is 33.4. The topological polar surface area (TPSA) is 296 Å². The molecule has 3 aliphatic heterocycles. The molecule has 3 aliphatic rings. The second-order valence-corrected chi connectivity index (χ2v) is 11.0. The van der Waals surface area contributed by atoms with Crippen LogP contribution in [0, 0.1) is 0 Å². The molecule has 0 radical (unpaired) electrons. The third kappa shape index (κ3) is 9.24. The fraction of sp³-hybridized carbons (Fsp3) is 0.923. The van der Waals surface area contributed by atoms with Gasteiger partial charge in [-0.3, -0.25) is 9.59 Å². The lowest BCUT2D eigenvalue weighted by Crippen LogP contribution is -2.68. The highest BCUT2D eigenvalue weighted by molar-refractivity contribution is 5.75. The average molecular weight is 659 g/mol. The van der Waals surface area contributed by atoms with Crippen molar-refractivity contribution < 1.29 is 84.0 Å². The Labute approximate surface area is 258 Å². The van der Waals surface area contributed by atoms with Crippen LogP contribution in [0.3, 0.4) is 0 Å². The Bertz CT molecular complexity index is 932. The van der Waals surface area contributed by atoms with Crippen molar-refractivity contribution in [3.8, 4) is 0 Å². The minimum absolute atomic E-state index is 0.0403. The molecule has 15 atom stereocenters. The molecule has 2 amide bonds. The lowest BCUT2D eigenvalue weighted by atomic mass is 9.95. The van der Waals surface area contributed by atoms with Crippen LogP contribution in [-0.2, 0) is 38.0 Å². The van der Waals surface area contributed by atoms with E-state index in [2.05, 4.69) is 10.6 Å². The van der Waals surface area contributed by atoms with Crippen molar-refractivity contribution in [2.45, 2.75) is 119 Å². The summed E-state index contributed by atoms with van der Waals surface area (Å²) in [5, 5.41) is 98.1. The highest BCUT2D eigenvalue weighted by atomic mass is 16.8. The minimum atomic E-state index is -1.92. The second kappa shape index (κ2) is 17.5. The molecule has 3 fully saturated rings. The molecule has 3 rings (SSSR count). The number of hydrogen-bond donors (Lipinski definition) is 11. The lowest BCUT2D eigenvalue weighted by molar-refractivity contribution is -0.376. The first-order chi connectivity index (χ1) is 21.4. The number of amides is 2. The molecule has 0 aromatic carbocycles. The SMILES string of the molecule is CCC(=O)NCCCO[C@@H]1OC(CO)[C@@H](O[C@@H]2OC(CO)[C@H](O)C(O[C@H]3OC(CO)[C@H](O)C(O)C3O)C2O)C(O)C1NC(C)=O. The normalized spacial score (nSPS) is 42.2. The second-order valence-electron chi connectivity index (χ2n) is 11.0. The van der Waals surface area contributed by atoms with Crippen LogP contribution in [0.2, 0.25) is 0 Å². The van der Waals surface area contributed by atoms with Gasteiger partial charge in [-0.2, -0.15) is 0 Å². The Kier molecular flexibility index (Phi) is 14.7. The summed E-state index contributed by atoms with van der Waals surface area (Å²) in [4.78, 5) is 23.4. The zero-order valence-electron chi connectivity index (χ0n) is 24.9. The Hall–Kier alpha value is -1.66. The number of aliphatic hydroxyl groups is 9. The number of ether oxygens (including phenoxy) is 6. The van der Waals surface area contributed by atoms with Crippen LogP contribution in [0.25, 0.3) is 0 Å². The van der Waals surface area contributed by atoms with E-state index in [4.69, 9.17) is 28.4 Å². The smallest absolute Gasteiger partial charge is 0.219 e. The van der Waals surface area contributed by atoms with Gasteiger partial charge in [0.25, 0.3) is 0 Å². The molecule has 11 N–H and O–H groups in total. The summed E-state index contributed by atoms with van der Waals surface area (Å²) >= 11 is 0. The molecule has 3 saturated heterocycles. The molecule has 0 bridgehead atoms. The number of rotatable bonds is 14. The predicted octanol–water partition coefficient (Wildman–Crippen LogP) is -6.49. The van der Waals surface area contributed by atoms with Crippen molar-refractivity contribution >= 4 is 11.8 Å².